The third-order valence-electron chi connectivity index (χ3n) is 4.61. The molecular formula is C18H18N6O. The predicted molar refractivity (Wildman–Crippen MR) is 94.4 cm³/mol. The van der Waals surface area contributed by atoms with Crippen LogP contribution in [0.2, 0.25) is 0 Å². The van der Waals surface area contributed by atoms with Gasteiger partial charge in [0.2, 0.25) is 0 Å². The minimum absolute atomic E-state index is 0.200. The van der Waals surface area contributed by atoms with Crippen LogP contribution in [0.15, 0.2) is 41.3 Å². The first-order chi connectivity index (χ1) is 12.2. The highest BCUT2D eigenvalue weighted by molar-refractivity contribution is 5.54. The molecule has 0 fully saturated rings. The summed E-state index contributed by atoms with van der Waals surface area (Å²) in [6.45, 7) is 3.17. The van der Waals surface area contributed by atoms with Crippen LogP contribution in [0.4, 0.5) is 5.69 Å². The smallest absolute Gasteiger partial charge is 0.272 e. The van der Waals surface area contributed by atoms with E-state index in [1.807, 2.05) is 6.07 Å². The first kappa shape index (κ1) is 15.4. The van der Waals surface area contributed by atoms with Crippen molar-refractivity contribution in [2.24, 2.45) is 0 Å². The second-order valence-electron chi connectivity index (χ2n) is 6.30. The lowest BCUT2D eigenvalue weighted by Crippen LogP contribution is -2.30. The molecule has 0 aliphatic carbocycles. The second kappa shape index (κ2) is 6.07. The molecule has 4 rings (SSSR count). The minimum Gasteiger partial charge on any atom is -0.373 e. The van der Waals surface area contributed by atoms with Crippen LogP contribution in [0, 0.1) is 11.3 Å². The van der Waals surface area contributed by atoms with E-state index in [9.17, 15) is 4.79 Å². The molecule has 1 aromatic carbocycles. The van der Waals surface area contributed by atoms with E-state index in [0.717, 1.165) is 19.6 Å². The molecule has 0 unspecified atom stereocenters. The van der Waals surface area contributed by atoms with Gasteiger partial charge in [0.15, 0.2) is 5.65 Å². The Balaban J connectivity index is 1.66. The number of likely N-dealkylation sites (N-methyl/N-ethyl adjacent to an activating group) is 1. The molecule has 0 spiro atoms. The Hall–Kier alpha value is -3.11. The zero-order valence-corrected chi connectivity index (χ0v) is 13.9. The van der Waals surface area contributed by atoms with Crippen molar-refractivity contribution in [3.63, 3.8) is 0 Å². The van der Waals surface area contributed by atoms with E-state index in [0.29, 0.717) is 23.4 Å². The zero-order chi connectivity index (χ0) is 17.4. The molecule has 1 aliphatic heterocycles. The van der Waals surface area contributed by atoms with Crippen molar-refractivity contribution in [1.29, 1.82) is 5.26 Å². The fourth-order valence-electron chi connectivity index (χ4n) is 3.30. The third-order valence-corrected chi connectivity index (χ3v) is 4.61. The van der Waals surface area contributed by atoms with Gasteiger partial charge in [-0.15, -0.1) is 0 Å². The van der Waals surface area contributed by atoms with Gasteiger partial charge in [0.25, 0.3) is 5.56 Å². The number of nitriles is 1. The number of hydrogen-bond acceptors (Lipinski definition) is 5. The number of fused-ring (bicyclic) bond motifs is 2. The van der Waals surface area contributed by atoms with E-state index in [2.05, 4.69) is 51.2 Å². The SMILES string of the molecule is CN1CCN(Cc2cc(=O)n3[nH]cc(C#N)c3n2)Cc2ccccc21. The van der Waals surface area contributed by atoms with E-state index in [1.165, 1.54) is 28.0 Å². The highest BCUT2D eigenvalue weighted by Gasteiger charge is 2.18. The van der Waals surface area contributed by atoms with Crippen LogP contribution >= 0.6 is 0 Å². The largest absolute Gasteiger partial charge is 0.373 e. The van der Waals surface area contributed by atoms with Gasteiger partial charge in [-0.3, -0.25) is 14.8 Å². The van der Waals surface area contributed by atoms with Gasteiger partial charge in [-0.2, -0.15) is 5.26 Å². The van der Waals surface area contributed by atoms with Crippen LogP contribution in [-0.4, -0.2) is 39.6 Å². The van der Waals surface area contributed by atoms with Crippen LogP contribution in [0.5, 0.6) is 0 Å². The van der Waals surface area contributed by atoms with E-state index >= 15 is 0 Å². The van der Waals surface area contributed by atoms with Gasteiger partial charge in [0, 0.05) is 51.2 Å². The van der Waals surface area contributed by atoms with Crippen molar-refractivity contribution in [3.05, 3.63) is 63.7 Å². The number of aromatic amines is 1. The fourth-order valence-corrected chi connectivity index (χ4v) is 3.30. The minimum atomic E-state index is -0.200. The number of anilines is 1. The molecule has 0 saturated carbocycles. The summed E-state index contributed by atoms with van der Waals surface area (Å²) in [4.78, 5) is 21.3. The summed E-state index contributed by atoms with van der Waals surface area (Å²) in [5.41, 5.74) is 3.75. The van der Waals surface area contributed by atoms with E-state index in [1.54, 1.807) is 0 Å². The van der Waals surface area contributed by atoms with Crippen LogP contribution in [0.1, 0.15) is 16.8 Å². The lowest BCUT2D eigenvalue weighted by Gasteiger charge is -2.20. The molecule has 7 nitrogen and oxygen atoms in total. The molecule has 1 aliphatic rings. The topological polar surface area (TPSA) is 80.4 Å². The van der Waals surface area contributed by atoms with Crippen molar-refractivity contribution >= 4 is 11.3 Å². The van der Waals surface area contributed by atoms with E-state index in [-0.39, 0.29) is 5.56 Å². The first-order valence-corrected chi connectivity index (χ1v) is 8.17. The molecule has 2 aromatic heterocycles. The summed E-state index contributed by atoms with van der Waals surface area (Å²) in [6, 6.07) is 12.0. The second-order valence-corrected chi connectivity index (χ2v) is 6.30. The molecule has 25 heavy (non-hydrogen) atoms. The summed E-state index contributed by atoms with van der Waals surface area (Å²) in [7, 11) is 2.10. The van der Waals surface area contributed by atoms with Crippen molar-refractivity contribution in [2.75, 3.05) is 25.0 Å². The van der Waals surface area contributed by atoms with Crippen LogP contribution in [-0.2, 0) is 13.1 Å². The fraction of sp³-hybridized carbons (Fsp3) is 0.278. The van der Waals surface area contributed by atoms with Crippen molar-refractivity contribution in [2.45, 2.75) is 13.1 Å². The molecule has 0 saturated heterocycles. The highest BCUT2D eigenvalue weighted by Crippen LogP contribution is 2.24. The van der Waals surface area contributed by atoms with E-state index < -0.39 is 0 Å². The molecule has 1 N–H and O–H groups in total. The number of rotatable bonds is 2. The molecule has 3 aromatic rings. The Labute approximate surface area is 144 Å². The Morgan fingerprint density at radius 3 is 3.00 bits per heavy atom. The van der Waals surface area contributed by atoms with Crippen LogP contribution in [0.25, 0.3) is 5.65 Å². The monoisotopic (exact) mass is 334 g/mol. The van der Waals surface area contributed by atoms with Gasteiger partial charge in [0.1, 0.15) is 11.6 Å². The molecule has 0 atom stereocenters. The van der Waals surface area contributed by atoms with Gasteiger partial charge in [-0.25, -0.2) is 9.50 Å². The van der Waals surface area contributed by atoms with Crippen LogP contribution in [0.3, 0.4) is 0 Å². The number of para-hydroxylation sites is 1. The predicted octanol–water partition coefficient (Wildman–Crippen LogP) is 1.35. The Kier molecular flexibility index (Phi) is 3.75. The molecule has 3 heterocycles. The normalized spacial score (nSPS) is 15.0. The van der Waals surface area contributed by atoms with Gasteiger partial charge in [-0.05, 0) is 11.6 Å². The summed E-state index contributed by atoms with van der Waals surface area (Å²) in [5, 5.41) is 11.9. The van der Waals surface area contributed by atoms with Crippen molar-refractivity contribution in [3.8, 4) is 6.07 Å². The maximum Gasteiger partial charge on any atom is 0.272 e. The van der Waals surface area contributed by atoms with Gasteiger partial charge in [0.05, 0.1) is 5.69 Å². The van der Waals surface area contributed by atoms with Crippen molar-refractivity contribution in [1.82, 2.24) is 19.5 Å². The Bertz CT molecular complexity index is 1030. The number of nitrogens with zero attached hydrogens (tertiary/aromatic N) is 5. The molecule has 126 valence electrons. The highest BCUT2D eigenvalue weighted by atomic mass is 16.1. The molecule has 0 radical (unpaired) electrons. The molecular weight excluding hydrogens is 316 g/mol. The maximum atomic E-state index is 12.2. The third kappa shape index (κ3) is 2.77. The van der Waals surface area contributed by atoms with Crippen molar-refractivity contribution < 1.29 is 0 Å². The first-order valence-electron chi connectivity index (χ1n) is 8.17. The zero-order valence-electron chi connectivity index (χ0n) is 13.9. The van der Waals surface area contributed by atoms with Gasteiger partial charge < -0.3 is 4.90 Å². The molecule has 0 amide bonds. The summed E-state index contributed by atoms with van der Waals surface area (Å²) in [6.07, 6.45) is 1.50. The molecule has 7 heteroatoms. The number of hydrogen-bond donors (Lipinski definition) is 1. The molecule has 0 bridgehead atoms. The summed E-state index contributed by atoms with van der Waals surface area (Å²) in [5.74, 6) is 0. The number of benzene rings is 1. The standard InChI is InChI=1S/C18H18N6O/c1-22-6-7-23(11-13-4-2-3-5-16(13)22)12-15-8-17(25)24-18(21-15)14(9-19)10-20-24/h2-5,8,10,20H,6-7,11-12H2,1H3. The Morgan fingerprint density at radius 1 is 1.32 bits per heavy atom. The lowest BCUT2D eigenvalue weighted by atomic mass is 10.1. The van der Waals surface area contributed by atoms with Crippen LogP contribution < -0.4 is 10.5 Å². The van der Waals surface area contributed by atoms with Gasteiger partial charge >= 0.3 is 0 Å². The van der Waals surface area contributed by atoms with E-state index in [4.69, 9.17) is 5.26 Å². The average molecular weight is 334 g/mol. The number of aromatic nitrogens is 3. The number of nitrogens with one attached hydrogen (secondary N) is 1. The Morgan fingerprint density at radius 2 is 2.16 bits per heavy atom. The quantitative estimate of drug-likeness (QED) is 0.765. The van der Waals surface area contributed by atoms with Gasteiger partial charge in [-0.1, -0.05) is 18.2 Å². The average Bonchev–Trinajstić information content (AvgIpc) is 2.96. The number of H-pyrrole nitrogens is 1. The summed E-state index contributed by atoms with van der Waals surface area (Å²) >= 11 is 0. The lowest BCUT2D eigenvalue weighted by molar-refractivity contribution is 0.266. The summed E-state index contributed by atoms with van der Waals surface area (Å²) < 4.78 is 1.30. The maximum absolute atomic E-state index is 12.2.